The fourth-order valence-electron chi connectivity index (χ4n) is 1.66. The zero-order valence-corrected chi connectivity index (χ0v) is 10.6. The highest BCUT2D eigenvalue weighted by Gasteiger charge is 2.12. The molecule has 0 aliphatic rings. The van der Waals surface area contributed by atoms with Gasteiger partial charge in [0.2, 0.25) is 0 Å². The average Bonchev–Trinajstić information content (AvgIpc) is 2.72. The van der Waals surface area contributed by atoms with Gasteiger partial charge in [0, 0.05) is 11.3 Å². The molecule has 0 saturated heterocycles. The van der Waals surface area contributed by atoms with E-state index >= 15 is 0 Å². The molecule has 0 spiro atoms. The summed E-state index contributed by atoms with van der Waals surface area (Å²) in [5, 5.41) is 0. The van der Waals surface area contributed by atoms with Crippen molar-refractivity contribution in [3.8, 4) is 0 Å². The lowest BCUT2D eigenvalue weighted by molar-refractivity contribution is 0.548. The Labute approximate surface area is 108 Å². The molecule has 0 saturated carbocycles. The first-order valence-electron chi connectivity index (χ1n) is 5.15. The Balaban J connectivity index is 2.16. The quantitative estimate of drug-likeness (QED) is 0.661. The first-order valence-corrected chi connectivity index (χ1v) is 6.34. The topological polar surface area (TPSA) is 38.0 Å². The van der Waals surface area contributed by atoms with E-state index in [0.29, 0.717) is 6.42 Å². The molecule has 2 aromatic rings. The number of rotatable bonds is 4. The zero-order chi connectivity index (χ0) is 12.3. The molecule has 0 aliphatic carbocycles. The van der Waals surface area contributed by atoms with Crippen molar-refractivity contribution < 1.29 is 4.39 Å². The number of hydrogen-bond acceptors (Lipinski definition) is 3. The SMILES string of the molecule is NNC(Cc1ccc(Cl)s1)c1cccc(F)c1. The van der Waals surface area contributed by atoms with Crippen molar-refractivity contribution in [2.75, 3.05) is 0 Å². The molecule has 1 unspecified atom stereocenters. The number of hydrazine groups is 1. The van der Waals surface area contributed by atoms with Crippen molar-refractivity contribution in [2.24, 2.45) is 5.84 Å². The summed E-state index contributed by atoms with van der Waals surface area (Å²) in [5.74, 6) is 5.25. The summed E-state index contributed by atoms with van der Waals surface area (Å²) >= 11 is 7.37. The van der Waals surface area contributed by atoms with Gasteiger partial charge < -0.3 is 0 Å². The lowest BCUT2D eigenvalue weighted by Crippen LogP contribution is -2.29. The Morgan fingerprint density at radius 2 is 2.18 bits per heavy atom. The lowest BCUT2D eigenvalue weighted by Gasteiger charge is -2.15. The van der Waals surface area contributed by atoms with E-state index in [0.717, 1.165) is 14.8 Å². The third kappa shape index (κ3) is 3.26. The van der Waals surface area contributed by atoms with Crippen LogP contribution in [-0.4, -0.2) is 0 Å². The van der Waals surface area contributed by atoms with Gasteiger partial charge in [-0.3, -0.25) is 11.3 Å². The van der Waals surface area contributed by atoms with Crippen LogP contribution in [0.25, 0.3) is 0 Å². The van der Waals surface area contributed by atoms with Gasteiger partial charge in [-0.2, -0.15) is 0 Å². The van der Waals surface area contributed by atoms with Crippen molar-refractivity contribution in [2.45, 2.75) is 12.5 Å². The van der Waals surface area contributed by atoms with E-state index in [1.165, 1.54) is 23.5 Å². The van der Waals surface area contributed by atoms with Crippen LogP contribution in [0.5, 0.6) is 0 Å². The molecule has 3 N–H and O–H groups in total. The summed E-state index contributed by atoms with van der Waals surface area (Å²) in [6.07, 6.45) is 0.692. The predicted octanol–water partition coefficient (Wildman–Crippen LogP) is 3.29. The molecule has 17 heavy (non-hydrogen) atoms. The van der Waals surface area contributed by atoms with Crippen molar-refractivity contribution in [1.82, 2.24) is 5.43 Å². The summed E-state index contributed by atoms with van der Waals surface area (Å²) in [6.45, 7) is 0. The van der Waals surface area contributed by atoms with E-state index < -0.39 is 0 Å². The molecule has 5 heteroatoms. The standard InChI is InChI=1S/C12H12ClFN2S/c13-12-5-4-10(17-12)7-11(16-15)8-2-1-3-9(14)6-8/h1-6,11,16H,7,15H2. The molecule has 0 amide bonds. The number of halogens is 2. The second kappa shape index (κ2) is 5.60. The molecule has 0 bridgehead atoms. The Hall–Kier alpha value is -0.940. The van der Waals surface area contributed by atoms with Gasteiger partial charge in [0.05, 0.1) is 10.4 Å². The van der Waals surface area contributed by atoms with E-state index in [4.69, 9.17) is 17.4 Å². The van der Waals surface area contributed by atoms with Gasteiger partial charge in [0.15, 0.2) is 0 Å². The Bertz CT molecular complexity index is 501. The monoisotopic (exact) mass is 270 g/mol. The second-order valence-corrected chi connectivity index (χ2v) is 5.48. The van der Waals surface area contributed by atoms with Gasteiger partial charge >= 0.3 is 0 Å². The summed E-state index contributed by atoms with van der Waals surface area (Å²) in [4.78, 5) is 1.11. The minimum atomic E-state index is -0.257. The Kier molecular flexibility index (Phi) is 4.12. The molecule has 1 atom stereocenters. The van der Waals surface area contributed by atoms with Crippen LogP contribution in [0.15, 0.2) is 36.4 Å². The van der Waals surface area contributed by atoms with Crippen molar-refractivity contribution in [3.63, 3.8) is 0 Å². The van der Waals surface area contributed by atoms with E-state index in [2.05, 4.69) is 5.43 Å². The van der Waals surface area contributed by atoms with Gasteiger partial charge in [-0.1, -0.05) is 23.7 Å². The maximum Gasteiger partial charge on any atom is 0.123 e. The lowest BCUT2D eigenvalue weighted by atomic mass is 10.0. The van der Waals surface area contributed by atoms with Gasteiger partial charge in [0.25, 0.3) is 0 Å². The zero-order valence-electron chi connectivity index (χ0n) is 8.99. The van der Waals surface area contributed by atoms with E-state index in [9.17, 15) is 4.39 Å². The number of thiophene rings is 1. The van der Waals surface area contributed by atoms with Gasteiger partial charge in [-0.25, -0.2) is 4.39 Å². The predicted molar refractivity (Wildman–Crippen MR) is 69.5 cm³/mol. The first-order chi connectivity index (χ1) is 8.19. The van der Waals surface area contributed by atoms with Crippen molar-refractivity contribution in [3.05, 3.63) is 57.0 Å². The third-order valence-electron chi connectivity index (χ3n) is 2.49. The maximum atomic E-state index is 13.1. The highest BCUT2D eigenvalue weighted by molar-refractivity contribution is 7.16. The van der Waals surface area contributed by atoms with E-state index in [1.807, 2.05) is 18.2 Å². The number of hydrogen-bond donors (Lipinski definition) is 2. The van der Waals surface area contributed by atoms with E-state index in [1.54, 1.807) is 6.07 Å². The molecule has 90 valence electrons. The van der Waals surface area contributed by atoms with Gasteiger partial charge in [-0.05, 0) is 29.8 Å². The normalized spacial score (nSPS) is 12.6. The molecule has 0 fully saturated rings. The largest absolute Gasteiger partial charge is 0.271 e. The minimum Gasteiger partial charge on any atom is -0.271 e. The van der Waals surface area contributed by atoms with Crippen molar-refractivity contribution >= 4 is 22.9 Å². The van der Waals surface area contributed by atoms with Crippen LogP contribution < -0.4 is 11.3 Å². The average molecular weight is 271 g/mol. The second-order valence-electron chi connectivity index (χ2n) is 3.68. The van der Waals surface area contributed by atoms with Crippen LogP contribution in [-0.2, 0) is 6.42 Å². The van der Waals surface area contributed by atoms with E-state index in [-0.39, 0.29) is 11.9 Å². The molecule has 2 rings (SSSR count). The number of benzene rings is 1. The Morgan fingerprint density at radius 3 is 2.76 bits per heavy atom. The van der Waals surface area contributed by atoms with Crippen LogP contribution in [0.2, 0.25) is 4.34 Å². The Morgan fingerprint density at radius 1 is 1.35 bits per heavy atom. The summed E-state index contributed by atoms with van der Waals surface area (Å²) in [7, 11) is 0. The molecule has 1 heterocycles. The summed E-state index contributed by atoms with van der Waals surface area (Å²) < 4.78 is 13.9. The molecule has 1 aromatic carbocycles. The molecule has 2 nitrogen and oxygen atoms in total. The number of nitrogens with one attached hydrogen (secondary N) is 1. The molecular weight excluding hydrogens is 259 g/mol. The van der Waals surface area contributed by atoms with Crippen molar-refractivity contribution in [1.29, 1.82) is 0 Å². The van der Waals surface area contributed by atoms with Crippen LogP contribution in [0.4, 0.5) is 4.39 Å². The smallest absolute Gasteiger partial charge is 0.123 e. The maximum absolute atomic E-state index is 13.1. The van der Waals surface area contributed by atoms with Crippen LogP contribution in [0, 0.1) is 5.82 Å². The highest BCUT2D eigenvalue weighted by atomic mass is 35.5. The molecule has 1 aromatic heterocycles. The number of nitrogens with two attached hydrogens (primary N) is 1. The van der Waals surface area contributed by atoms with Gasteiger partial charge in [0.1, 0.15) is 5.82 Å². The molecular formula is C12H12ClFN2S. The summed E-state index contributed by atoms with van der Waals surface area (Å²) in [5.41, 5.74) is 3.53. The molecule has 0 radical (unpaired) electrons. The fourth-order valence-corrected chi connectivity index (χ4v) is 2.79. The fraction of sp³-hybridized carbons (Fsp3) is 0.167. The summed E-state index contributed by atoms with van der Waals surface area (Å²) in [6, 6.07) is 10.1. The van der Waals surface area contributed by atoms with Crippen LogP contribution in [0.1, 0.15) is 16.5 Å². The van der Waals surface area contributed by atoms with Crippen LogP contribution in [0.3, 0.4) is 0 Å². The third-order valence-corrected chi connectivity index (χ3v) is 3.74. The first kappa shape index (κ1) is 12.5. The molecule has 0 aliphatic heterocycles. The van der Waals surface area contributed by atoms with Gasteiger partial charge in [-0.15, -0.1) is 11.3 Å². The van der Waals surface area contributed by atoms with Crippen LogP contribution >= 0.6 is 22.9 Å². The minimum absolute atomic E-state index is 0.111. The highest BCUT2D eigenvalue weighted by Crippen LogP contribution is 2.26.